The zero-order valence-corrected chi connectivity index (χ0v) is 15.0. The van der Waals surface area contributed by atoms with Crippen molar-refractivity contribution in [3.05, 3.63) is 40.9 Å². The molecular weight excluding hydrogens is 328 g/mol. The molecule has 1 aromatic carbocycles. The molecular formula is C17H20N2O2S2. The van der Waals surface area contributed by atoms with Gasteiger partial charge in [-0.2, -0.15) is 0 Å². The molecule has 1 atom stereocenters. The number of thiazole rings is 1. The van der Waals surface area contributed by atoms with Crippen LogP contribution in [0.2, 0.25) is 0 Å². The number of thioether (sulfide) groups is 1. The van der Waals surface area contributed by atoms with Crippen molar-refractivity contribution in [1.29, 1.82) is 0 Å². The Morgan fingerprint density at radius 2 is 2.30 bits per heavy atom. The van der Waals surface area contributed by atoms with Crippen LogP contribution >= 0.6 is 23.1 Å². The Morgan fingerprint density at radius 1 is 1.48 bits per heavy atom. The fourth-order valence-electron chi connectivity index (χ4n) is 2.61. The van der Waals surface area contributed by atoms with E-state index in [4.69, 9.17) is 4.74 Å². The Morgan fingerprint density at radius 3 is 3.09 bits per heavy atom. The van der Waals surface area contributed by atoms with Crippen LogP contribution in [0.15, 0.2) is 34.0 Å². The average Bonchev–Trinajstić information content (AvgIpc) is 3.13. The molecule has 4 nitrogen and oxygen atoms in total. The van der Waals surface area contributed by atoms with Crippen molar-refractivity contribution >= 4 is 29.0 Å². The summed E-state index contributed by atoms with van der Waals surface area (Å²) in [6.07, 6.45) is 1.27. The van der Waals surface area contributed by atoms with Gasteiger partial charge in [0.25, 0.3) is 0 Å². The molecule has 1 aromatic heterocycles. The number of fused-ring (bicyclic) bond motifs is 1. The van der Waals surface area contributed by atoms with Gasteiger partial charge >= 0.3 is 0 Å². The predicted molar refractivity (Wildman–Crippen MR) is 94.4 cm³/mol. The number of nitrogens with zero attached hydrogens (tertiary/aromatic N) is 2. The molecule has 1 aliphatic heterocycles. The number of carbonyl (C=O) groups excluding carboxylic acids is 1. The van der Waals surface area contributed by atoms with Crippen LogP contribution in [0.3, 0.4) is 0 Å². The molecule has 1 aliphatic rings. The van der Waals surface area contributed by atoms with Crippen molar-refractivity contribution in [2.45, 2.75) is 30.2 Å². The molecule has 0 aliphatic carbocycles. The summed E-state index contributed by atoms with van der Waals surface area (Å²) in [5.74, 6) is 2.03. The van der Waals surface area contributed by atoms with Crippen molar-refractivity contribution in [2.24, 2.45) is 0 Å². The minimum absolute atomic E-state index is 0.0444. The van der Waals surface area contributed by atoms with Crippen LogP contribution in [-0.4, -0.2) is 41.2 Å². The third-order valence-electron chi connectivity index (χ3n) is 3.75. The molecule has 6 heteroatoms. The topological polar surface area (TPSA) is 42.4 Å². The second kappa shape index (κ2) is 7.36. The highest BCUT2D eigenvalue weighted by molar-refractivity contribution is 8.00. The first-order chi connectivity index (χ1) is 11.2. The summed E-state index contributed by atoms with van der Waals surface area (Å²) in [6, 6.07) is 8.07. The quantitative estimate of drug-likeness (QED) is 0.752. The van der Waals surface area contributed by atoms with Crippen LogP contribution in [0.4, 0.5) is 0 Å². The number of amides is 1. The van der Waals surface area contributed by atoms with E-state index in [9.17, 15) is 4.79 Å². The number of rotatable bonds is 6. The number of carbonyl (C=O) groups is 1. The second-order valence-corrected chi connectivity index (χ2v) is 7.91. The first-order valence-corrected chi connectivity index (χ1v) is 9.58. The summed E-state index contributed by atoms with van der Waals surface area (Å²) in [4.78, 5) is 18.6. The molecule has 1 amide bonds. The number of aromatic nitrogens is 1. The van der Waals surface area contributed by atoms with Crippen LogP contribution in [0.1, 0.15) is 18.2 Å². The van der Waals surface area contributed by atoms with Gasteiger partial charge in [0.2, 0.25) is 5.91 Å². The van der Waals surface area contributed by atoms with E-state index in [1.807, 2.05) is 30.6 Å². The van der Waals surface area contributed by atoms with Crippen LogP contribution in [-0.2, 0) is 17.6 Å². The lowest BCUT2D eigenvalue weighted by molar-refractivity contribution is -0.130. The third-order valence-corrected chi connectivity index (χ3v) is 5.70. The van der Waals surface area contributed by atoms with Gasteiger partial charge in [-0.1, -0.05) is 36.9 Å². The molecule has 2 heterocycles. The van der Waals surface area contributed by atoms with Gasteiger partial charge in [-0.15, -0.1) is 11.3 Å². The molecule has 0 fully saturated rings. The van der Waals surface area contributed by atoms with Gasteiger partial charge in [0.15, 0.2) is 0 Å². The van der Waals surface area contributed by atoms with Gasteiger partial charge in [-0.05, 0) is 17.4 Å². The maximum atomic E-state index is 12.4. The number of benzene rings is 1. The Hall–Kier alpha value is -1.53. The van der Waals surface area contributed by atoms with Crippen LogP contribution in [0, 0.1) is 0 Å². The number of hydrogen-bond acceptors (Lipinski definition) is 5. The van der Waals surface area contributed by atoms with Gasteiger partial charge < -0.3 is 9.64 Å². The fourth-order valence-corrected chi connectivity index (χ4v) is 4.35. The molecule has 23 heavy (non-hydrogen) atoms. The molecule has 122 valence electrons. The number of para-hydroxylation sites is 1. The van der Waals surface area contributed by atoms with Gasteiger partial charge in [-0.3, -0.25) is 4.79 Å². The van der Waals surface area contributed by atoms with E-state index in [1.54, 1.807) is 28.0 Å². The number of ether oxygens (including phenoxy) is 1. The first kappa shape index (κ1) is 16.3. The lowest BCUT2D eigenvalue weighted by Gasteiger charge is -2.20. The maximum absolute atomic E-state index is 12.4. The molecule has 0 unspecified atom stereocenters. The lowest BCUT2D eigenvalue weighted by atomic mass is 10.1. The standard InChI is InChI=1S/C17H20N2O2S2/c1-3-22-17-18-13(11-23-17)9-16(20)19(2)10-14-8-12-6-4-5-7-15(12)21-14/h4-7,11,14H,3,8-10H2,1-2H3/t14-/m1/s1. The minimum atomic E-state index is 0.0444. The highest BCUT2D eigenvalue weighted by atomic mass is 32.2. The highest BCUT2D eigenvalue weighted by Crippen LogP contribution is 2.28. The Labute approximate surface area is 144 Å². The van der Waals surface area contributed by atoms with Crippen LogP contribution in [0.5, 0.6) is 5.75 Å². The summed E-state index contributed by atoms with van der Waals surface area (Å²) in [6.45, 7) is 2.71. The molecule has 0 radical (unpaired) electrons. The van der Waals surface area contributed by atoms with E-state index >= 15 is 0 Å². The number of hydrogen-bond donors (Lipinski definition) is 0. The minimum Gasteiger partial charge on any atom is -0.488 e. The molecule has 0 saturated heterocycles. The fraction of sp³-hybridized carbons (Fsp3) is 0.412. The summed E-state index contributed by atoms with van der Waals surface area (Å²) in [5, 5.41) is 1.98. The van der Waals surface area contributed by atoms with Crippen molar-refractivity contribution in [1.82, 2.24) is 9.88 Å². The van der Waals surface area contributed by atoms with E-state index in [0.717, 1.165) is 28.0 Å². The lowest BCUT2D eigenvalue weighted by Crippen LogP contribution is -2.37. The van der Waals surface area contributed by atoms with Crippen molar-refractivity contribution < 1.29 is 9.53 Å². The summed E-state index contributed by atoms with van der Waals surface area (Å²) < 4.78 is 6.94. The van der Waals surface area contributed by atoms with Crippen molar-refractivity contribution in [3.8, 4) is 5.75 Å². The Kier molecular flexibility index (Phi) is 5.23. The Balaban J connectivity index is 1.52. The maximum Gasteiger partial charge on any atom is 0.228 e. The molecule has 0 saturated carbocycles. The molecule has 2 aromatic rings. The smallest absolute Gasteiger partial charge is 0.228 e. The van der Waals surface area contributed by atoms with Gasteiger partial charge in [0.05, 0.1) is 18.7 Å². The number of likely N-dealkylation sites (N-methyl/N-ethyl adjacent to an activating group) is 1. The SMILES string of the molecule is CCSc1nc(CC(=O)N(C)C[C@H]2Cc3ccccc3O2)cs1. The largest absolute Gasteiger partial charge is 0.488 e. The monoisotopic (exact) mass is 348 g/mol. The third kappa shape index (κ3) is 4.06. The summed E-state index contributed by atoms with van der Waals surface area (Å²) in [7, 11) is 1.84. The summed E-state index contributed by atoms with van der Waals surface area (Å²) >= 11 is 3.32. The average molecular weight is 348 g/mol. The highest BCUT2D eigenvalue weighted by Gasteiger charge is 2.25. The van der Waals surface area contributed by atoms with E-state index in [1.165, 1.54) is 5.56 Å². The molecule has 3 rings (SSSR count). The van der Waals surface area contributed by atoms with Gasteiger partial charge in [0.1, 0.15) is 16.2 Å². The Bertz CT molecular complexity index is 662. The predicted octanol–water partition coefficient (Wildman–Crippen LogP) is 3.26. The normalized spacial score (nSPS) is 16.0. The van der Waals surface area contributed by atoms with E-state index in [-0.39, 0.29) is 12.0 Å². The van der Waals surface area contributed by atoms with E-state index in [2.05, 4.69) is 18.0 Å². The van der Waals surface area contributed by atoms with Crippen LogP contribution < -0.4 is 4.74 Å². The first-order valence-electron chi connectivity index (χ1n) is 7.71. The molecule has 0 bridgehead atoms. The summed E-state index contributed by atoms with van der Waals surface area (Å²) in [5.41, 5.74) is 2.08. The zero-order chi connectivity index (χ0) is 16.2. The van der Waals surface area contributed by atoms with Gasteiger partial charge in [0, 0.05) is 18.8 Å². The van der Waals surface area contributed by atoms with Crippen molar-refractivity contribution in [3.63, 3.8) is 0 Å². The second-order valence-electron chi connectivity index (χ2n) is 5.54. The van der Waals surface area contributed by atoms with Crippen LogP contribution in [0.25, 0.3) is 0 Å². The zero-order valence-electron chi connectivity index (χ0n) is 13.3. The van der Waals surface area contributed by atoms with Crippen molar-refractivity contribution in [2.75, 3.05) is 19.3 Å². The van der Waals surface area contributed by atoms with E-state index in [0.29, 0.717) is 13.0 Å². The van der Waals surface area contributed by atoms with E-state index < -0.39 is 0 Å². The molecule has 0 N–H and O–H groups in total. The van der Waals surface area contributed by atoms with Gasteiger partial charge in [-0.25, -0.2) is 4.98 Å². The molecule has 0 spiro atoms.